The van der Waals surface area contributed by atoms with Crippen LogP contribution in [0, 0.1) is 11.8 Å². The molecule has 0 aliphatic rings. The zero-order valence-electron chi connectivity index (χ0n) is 24.1. The maximum absolute atomic E-state index is 12.6. The second-order valence-corrected chi connectivity index (χ2v) is 10.5. The van der Waals surface area contributed by atoms with E-state index in [9.17, 15) is 4.79 Å². The molecule has 8 nitrogen and oxygen atoms in total. The minimum atomic E-state index is -1.00. The largest absolute Gasteiger partial charge is 0.542 e. The van der Waals surface area contributed by atoms with Gasteiger partial charge in [0.05, 0.1) is 11.2 Å². The molecule has 0 aromatic heterocycles. The Bertz CT molecular complexity index is 537. The van der Waals surface area contributed by atoms with Crippen LogP contribution < -0.4 is 0 Å². The Morgan fingerprint density at radius 1 is 0.657 bits per heavy atom. The summed E-state index contributed by atoms with van der Waals surface area (Å²) in [6.45, 7) is 20.0. The van der Waals surface area contributed by atoms with E-state index in [2.05, 4.69) is 13.8 Å². The first kappa shape index (κ1) is 34.1. The topological polar surface area (TPSA) is 81.7 Å². The Labute approximate surface area is 214 Å². The van der Waals surface area contributed by atoms with Crippen molar-refractivity contribution in [1.82, 2.24) is 0 Å². The summed E-state index contributed by atoms with van der Waals surface area (Å²) >= 11 is 0. The molecule has 0 amide bonds. The van der Waals surface area contributed by atoms with Gasteiger partial charge in [0.25, 0.3) is 0 Å². The van der Waals surface area contributed by atoms with Gasteiger partial charge >= 0.3 is 6.16 Å². The Morgan fingerprint density at radius 2 is 1.09 bits per heavy atom. The van der Waals surface area contributed by atoms with Crippen LogP contribution in [0.3, 0.4) is 0 Å². The molecule has 0 N–H and O–H groups in total. The number of carbonyl (C=O) groups excluding carboxylic acids is 1. The monoisotopic (exact) mass is 506 g/mol. The van der Waals surface area contributed by atoms with Crippen molar-refractivity contribution in [2.75, 3.05) is 0 Å². The van der Waals surface area contributed by atoms with Crippen molar-refractivity contribution in [3.8, 4) is 0 Å². The third-order valence-corrected chi connectivity index (χ3v) is 6.54. The zero-order chi connectivity index (χ0) is 26.9. The second kappa shape index (κ2) is 18.3. The lowest BCUT2D eigenvalue weighted by Crippen LogP contribution is -2.36. The molecule has 0 fully saturated rings. The number of ether oxygens (including phenoxy) is 1. The van der Waals surface area contributed by atoms with Crippen molar-refractivity contribution in [3.05, 3.63) is 0 Å². The average molecular weight is 507 g/mol. The highest BCUT2D eigenvalue weighted by molar-refractivity contribution is 5.59. The van der Waals surface area contributed by atoms with Gasteiger partial charge in [-0.05, 0) is 66.2 Å². The molecule has 0 aromatic rings. The van der Waals surface area contributed by atoms with Gasteiger partial charge in [-0.2, -0.15) is 9.78 Å². The maximum atomic E-state index is 12.6. The van der Waals surface area contributed by atoms with Gasteiger partial charge in [-0.3, -0.25) is 4.89 Å². The summed E-state index contributed by atoms with van der Waals surface area (Å²) in [5.41, 5.74) is -1.01. The Kier molecular flexibility index (Phi) is 17.8. The van der Waals surface area contributed by atoms with Crippen LogP contribution in [-0.2, 0) is 34.1 Å². The van der Waals surface area contributed by atoms with E-state index in [0.29, 0.717) is 0 Å². The van der Waals surface area contributed by atoms with E-state index in [1.807, 2.05) is 55.4 Å². The molecule has 0 aliphatic carbocycles. The number of hydrogen-bond acceptors (Lipinski definition) is 8. The molecule has 4 atom stereocenters. The van der Waals surface area contributed by atoms with Crippen molar-refractivity contribution in [2.45, 2.75) is 157 Å². The fourth-order valence-corrected chi connectivity index (χ4v) is 3.04. The van der Waals surface area contributed by atoms with Crippen LogP contribution in [0.25, 0.3) is 0 Å². The highest BCUT2D eigenvalue weighted by Gasteiger charge is 2.32. The van der Waals surface area contributed by atoms with Gasteiger partial charge in [0.1, 0.15) is 0 Å². The minimum absolute atomic E-state index is 0.0101. The normalized spacial score (nSPS) is 15.9. The van der Waals surface area contributed by atoms with Crippen molar-refractivity contribution in [2.24, 2.45) is 11.8 Å². The highest BCUT2D eigenvalue weighted by Crippen LogP contribution is 2.26. The third kappa shape index (κ3) is 15.0. The Balaban J connectivity index is 5.29. The molecule has 0 saturated carbocycles. The van der Waals surface area contributed by atoms with Gasteiger partial charge in [-0.25, -0.2) is 14.6 Å². The first-order chi connectivity index (χ1) is 16.5. The van der Waals surface area contributed by atoms with E-state index in [1.165, 1.54) is 0 Å². The van der Waals surface area contributed by atoms with Gasteiger partial charge in [0.2, 0.25) is 12.6 Å². The number of rotatable bonds is 21. The molecular weight excluding hydrogens is 452 g/mol. The molecule has 0 saturated heterocycles. The molecule has 0 rings (SSSR count). The summed E-state index contributed by atoms with van der Waals surface area (Å²) in [5.74, 6) is -0.0482. The third-order valence-electron chi connectivity index (χ3n) is 6.54. The van der Waals surface area contributed by atoms with Gasteiger partial charge < -0.3 is 4.74 Å². The summed E-state index contributed by atoms with van der Waals surface area (Å²) in [4.78, 5) is 45.6. The second-order valence-electron chi connectivity index (χ2n) is 10.5. The molecule has 8 heteroatoms. The highest BCUT2D eigenvalue weighted by atomic mass is 17.3. The predicted octanol–water partition coefficient (Wildman–Crippen LogP) is 8.43. The van der Waals surface area contributed by atoms with Crippen molar-refractivity contribution in [3.63, 3.8) is 0 Å². The maximum Gasteiger partial charge on any atom is 0.542 e. The van der Waals surface area contributed by atoms with Crippen LogP contribution in [0.4, 0.5) is 4.79 Å². The molecule has 0 bridgehead atoms. The zero-order valence-corrected chi connectivity index (χ0v) is 24.1. The number of unbranched alkanes of at least 4 members (excludes halogenated alkanes) is 2. The quantitative estimate of drug-likeness (QED) is 0.0664. The van der Waals surface area contributed by atoms with E-state index in [1.54, 1.807) is 0 Å². The smallest absolute Gasteiger partial charge is 0.399 e. The summed E-state index contributed by atoms with van der Waals surface area (Å²) in [6, 6.07) is 0. The van der Waals surface area contributed by atoms with Gasteiger partial charge in [-0.15, -0.1) is 4.89 Å². The number of carbonyl (C=O) groups is 1. The molecule has 0 radical (unpaired) electrons. The molecule has 0 aromatic carbocycles. The van der Waals surface area contributed by atoms with Crippen LogP contribution >= 0.6 is 0 Å². The lowest BCUT2D eigenvalue weighted by molar-refractivity contribution is -0.484. The standard InChI is InChI=1S/C27H54O8/c1-11-17-19-21(13-3)23(31-34-26(7,8)15-5)29-25(28)33-30-24(22(14-4)20-18-12-2)32-35-27(9,10)16-6/h21-24H,11-20H2,1-10H3. The van der Waals surface area contributed by atoms with Crippen molar-refractivity contribution >= 4 is 6.16 Å². The SMILES string of the molecule is CCCCC(CC)C(OOC(=O)OC(OOC(C)(C)CC)C(CC)CCCC)OOC(C)(C)CC. The van der Waals surface area contributed by atoms with E-state index in [-0.39, 0.29) is 11.8 Å². The van der Waals surface area contributed by atoms with Crippen LogP contribution in [0.5, 0.6) is 0 Å². The molecule has 0 spiro atoms. The lowest BCUT2D eigenvalue weighted by atomic mass is 9.99. The Hall–Kier alpha value is -0.930. The van der Waals surface area contributed by atoms with E-state index < -0.39 is 29.9 Å². The summed E-state index contributed by atoms with van der Waals surface area (Å²) in [7, 11) is 0. The fourth-order valence-electron chi connectivity index (χ4n) is 3.04. The summed E-state index contributed by atoms with van der Waals surface area (Å²) in [5, 5.41) is 0. The van der Waals surface area contributed by atoms with E-state index in [0.717, 1.165) is 64.2 Å². The lowest BCUT2D eigenvalue weighted by Gasteiger charge is -2.30. The van der Waals surface area contributed by atoms with E-state index in [4.69, 9.17) is 34.1 Å². The molecule has 35 heavy (non-hydrogen) atoms. The molecule has 0 heterocycles. The molecule has 0 aliphatic heterocycles. The van der Waals surface area contributed by atoms with Crippen LogP contribution in [0.1, 0.15) is 133 Å². The number of hydrogen-bond donors (Lipinski definition) is 0. The van der Waals surface area contributed by atoms with E-state index >= 15 is 0 Å². The summed E-state index contributed by atoms with van der Waals surface area (Å²) < 4.78 is 5.52. The molecular formula is C27H54O8. The van der Waals surface area contributed by atoms with Crippen molar-refractivity contribution < 1.29 is 38.9 Å². The average Bonchev–Trinajstić information content (AvgIpc) is 2.84. The Morgan fingerprint density at radius 3 is 1.49 bits per heavy atom. The molecule has 4 unspecified atom stereocenters. The fraction of sp³-hybridized carbons (Fsp3) is 0.963. The van der Waals surface area contributed by atoms with Crippen LogP contribution in [0.15, 0.2) is 0 Å². The van der Waals surface area contributed by atoms with Gasteiger partial charge in [-0.1, -0.05) is 67.2 Å². The van der Waals surface area contributed by atoms with Gasteiger partial charge in [0, 0.05) is 11.8 Å². The van der Waals surface area contributed by atoms with Crippen LogP contribution in [0.2, 0.25) is 0 Å². The van der Waals surface area contributed by atoms with Crippen molar-refractivity contribution in [1.29, 1.82) is 0 Å². The first-order valence-corrected chi connectivity index (χ1v) is 13.7. The molecule has 210 valence electrons. The summed E-state index contributed by atoms with van der Waals surface area (Å²) in [6.07, 6.45) is 5.98. The van der Waals surface area contributed by atoms with Crippen LogP contribution in [-0.4, -0.2) is 29.9 Å². The minimum Gasteiger partial charge on any atom is -0.399 e. The first-order valence-electron chi connectivity index (χ1n) is 13.7. The predicted molar refractivity (Wildman–Crippen MR) is 136 cm³/mol. The van der Waals surface area contributed by atoms with Gasteiger partial charge in [0.15, 0.2) is 0 Å².